The van der Waals surface area contributed by atoms with E-state index in [1.54, 1.807) is 0 Å². The molecule has 0 spiro atoms. The lowest BCUT2D eigenvalue weighted by Crippen LogP contribution is -2.27. The molecule has 3 heteroatoms. The van der Waals surface area contributed by atoms with Crippen molar-refractivity contribution >= 4 is 11.0 Å². The second-order valence-corrected chi connectivity index (χ2v) is 8.88. The summed E-state index contributed by atoms with van der Waals surface area (Å²) in [6, 6.07) is 9.18. The summed E-state index contributed by atoms with van der Waals surface area (Å²) in [5.41, 5.74) is 2.93. The van der Waals surface area contributed by atoms with Crippen molar-refractivity contribution in [3.05, 3.63) is 35.4 Å². The molecule has 0 aliphatic heterocycles. The molecule has 1 aromatic rings. The molecule has 2 nitrogen and oxygen atoms in total. The van der Waals surface area contributed by atoms with Gasteiger partial charge in [-0.3, -0.25) is 0 Å². The van der Waals surface area contributed by atoms with Crippen molar-refractivity contribution in [3.63, 3.8) is 0 Å². The standard InChI is InChI=1S/C20H35NOS/c1-5-6-11-19-13-15-20(16-14-19)12-9-7-8-10-17-21(4)23(22)18(2)3/h13-16,18H,5-12,17H2,1-4H3. The van der Waals surface area contributed by atoms with Gasteiger partial charge in [0.2, 0.25) is 0 Å². The average molecular weight is 338 g/mol. The Morgan fingerprint density at radius 3 is 1.96 bits per heavy atom. The Morgan fingerprint density at radius 1 is 0.913 bits per heavy atom. The van der Waals surface area contributed by atoms with E-state index in [1.807, 2.05) is 25.2 Å². The number of benzene rings is 1. The van der Waals surface area contributed by atoms with Crippen LogP contribution in [0.15, 0.2) is 24.3 Å². The van der Waals surface area contributed by atoms with Crippen molar-refractivity contribution in [1.82, 2.24) is 4.31 Å². The van der Waals surface area contributed by atoms with Gasteiger partial charge in [-0.2, -0.15) is 0 Å². The van der Waals surface area contributed by atoms with Crippen LogP contribution in [0.1, 0.15) is 70.4 Å². The molecule has 23 heavy (non-hydrogen) atoms. The van der Waals surface area contributed by atoms with E-state index in [0.717, 1.165) is 13.0 Å². The van der Waals surface area contributed by atoms with Gasteiger partial charge < -0.3 is 0 Å². The third-order valence-corrected chi connectivity index (χ3v) is 5.84. The Balaban J connectivity index is 2.12. The van der Waals surface area contributed by atoms with Crippen LogP contribution in [0.25, 0.3) is 0 Å². The Morgan fingerprint density at radius 2 is 1.43 bits per heavy atom. The topological polar surface area (TPSA) is 20.3 Å². The predicted octanol–water partition coefficient (Wildman–Crippen LogP) is 5.14. The zero-order chi connectivity index (χ0) is 17.1. The van der Waals surface area contributed by atoms with Crippen LogP contribution in [0.5, 0.6) is 0 Å². The van der Waals surface area contributed by atoms with Gasteiger partial charge in [0.25, 0.3) is 0 Å². The molecule has 0 aliphatic rings. The van der Waals surface area contributed by atoms with E-state index < -0.39 is 11.0 Å². The number of aryl methyl sites for hydroxylation is 2. The molecule has 0 radical (unpaired) electrons. The molecular formula is C20H35NOS. The van der Waals surface area contributed by atoms with Crippen LogP contribution in [0.3, 0.4) is 0 Å². The van der Waals surface area contributed by atoms with E-state index in [-0.39, 0.29) is 5.25 Å². The molecule has 1 unspecified atom stereocenters. The highest BCUT2D eigenvalue weighted by atomic mass is 32.2. The quantitative estimate of drug-likeness (QED) is 0.484. The number of unbranched alkanes of at least 4 members (excludes halogenated alkanes) is 4. The number of rotatable bonds is 12. The maximum Gasteiger partial charge on any atom is 0.0965 e. The number of hydrogen-bond donors (Lipinski definition) is 0. The lowest BCUT2D eigenvalue weighted by atomic mass is 10.0. The van der Waals surface area contributed by atoms with Gasteiger partial charge in [-0.05, 0) is 64.1 Å². The van der Waals surface area contributed by atoms with Crippen molar-refractivity contribution < 1.29 is 4.21 Å². The van der Waals surface area contributed by atoms with Gasteiger partial charge in [0.05, 0.1) is 11.0 Å². The molecule has 0 saturated carbocycles. The molecule has 0 fully saturated rings. The summed E-state index contributed by atoms with van der Waals surface area (Å²) in [5, 5.41) is 0.222. The molecule has 0 heterocycles. The molecule has 0 amide bonds. The molecular weight excluding hydrogens is 302 g/mol. The van der Waals surface area contributed by atoms with E-state index in [2.05, 4.69) is 31.2 Å². The van der Waals surface area contributed by atoms with Gasteiger partial charge in [0, 0.05) is 11.8 Å². The Kier molecular flexibility index (Phi) is 10.5. The van der Waals surface area contributed by atoms with Crippen LogP contribution >= 0.6 is 0 Å². The molecule has 1 atom stereocenters. The van der Waals surface area contributed by atoms with E-state index in [0.29, 0.717) is 0 Å². The first kappa shape index (κ1) is 20.4. The van der Waals surface area contributed by atoms with Gasteiger partial charge in [0.1, 0.15) is 0 Å². The van der Waals surface area contributed by atoms with Crippen LogP contribution in [-0.2, 0) is 23.8 Å². The molecule has 132 valence electrons. The van der Waals surface area contributed by atoms with E-state index in [9.17, 15) is 4.21 Å². The van der Waals surface area contributed by atoms with E-state index in [1.165, 1.54) is 56.1 Å². The van der Waals surface area contributed by atoms with Gasteiger partial charge in [-0.15, -0.1) is 0 Å². The summed E-state index contributed by atoms with van der Waals surface area (Å²) in [6.07, 6.45) is 9.84. The predicted molar refractivity (Wildman–Crippen MR) is 103 cm³/mol. The zero-order valence-electron chi connectivity index (χ0n) is 15.5. The first-order valence-electron chi connectivity index (χ1n) is 9.24. The van der Waals surface area contributed by atoms with Crippen LogP contribution in [0.4, 0.5) is 0 Å². The fourth-order valence-electron chi connectivity index (χ4n) is 2.72. The number of nitrogens with zero attached hydrogens (tertiary/aromatic N) is 1. The van der Waals surface area contributed by atoms with Gasteiger partial charge in [-0.25, -0.2) is 8.51 Å². The minimum atomic E-state index is -0.825. The monoisotopic (exact) mass is 337 g/mol. The Hall–Kier alpha value is -0.670. The molecule has 0 saturated heterocycles. The smallest absolute Gasteiger partial charge is 0.0965 e. The molecule has 1 aromatic carbocycles. The Bertz CT molecular complexity index is 441. The molecule has 1 rings (SSSR count). The second kappa shape index (κ2) is 11.8. The second-order valence-electron chi connectivity index (χ2n) is 6.76. The summed E-state index contributed by atoms with van der Waals surface area (Å²) in [7, 11) is 1.14. The lowest BCUT2D eigenvalue weighted by Gasteiger charge is -2.17. The van der Waals surface area contributed by atoms with Crippen molar-refractivity contribution in [3.8, 4) is 0 Å². The highest BCUT2D eigenvalue weighted by molar-refractivity contribution is 7.83. The zero-order valence-corrected chi connectivity index (χ0v) is 16.3. The van der Waals surface area contributed by atoms with Gasteiger partial charge in [-0.1, -0.05) is 50.5 Å². The van der Waals surface area contributed by atoms with Gasteiger partial charge in [0.15, 0.2) is 0 Å². The normalized spacial score (nSPS) is 13.0. The van der Waals surface area contributed by atoms with E-state index >= 15 is 0 Å². The van der Waals surface area contributed by atoms with Crippen LogP contribution in [0.2, 0.25) is 0 Å². The molecule has 0 aliphatic carbocycles. The lowest BCUT2D eigenvalue weighted by molar-refractivity contribution is 0.483. The van der Waals surface area contributed by atoms with Crippen molar-refractivity contribution in [2.45, 2.75) is 77.4 Å². The maximum absolute atomic E-state index is 11.9. The minimum Gasteiger partial charge on any atom is -0.242 e. The molecule has 0 aromatic heterocycles. The third-order valence-electron chi connectivity index (χ3n) is 4.24. The summed E-state index contributed by atoms with van der Waals surface area (Å²) in [6.45, 7) is 7.21. The summed E-state index contributed by atoms with van der Waals surface area (Å²) in [5.74, 6) is 0. The van der Waals surface area contributed by atoms with Crippen molar-refractivity contribution in [2.75, 3.05) is 13.6 Å². The summed E-state index contributed by atoms with van der Waals surface area (Å²) >= 11 is 0. The minimum absolute atomic E-state index is 0.222. The average Bonchev–Trinajstić information content (AvgIpc) is 2.56. The van der Waals surface area contributed by atoms with E-state index in [4.69, 9.17) is 0 Å². The first-order chi connectivity index (χ1) is 11.0. The fraction of sp³-hybridized carbons (Fsp3) is 0.700. The third kappa shape index (κ3) is 8.66. The molecule has 0 N–H and O–H groups in total. The number of hydrogen-bond acceptors (Lipinski definition) is 1. The highest BCUT2D eigenvalue weighted by Crippen LogP contribution is 2.12. The highest BCUT2D eigenvalue weighted by Gasteiger charge is 2.10. The first-order valence-corrected chi connectivity index (χ1v) is 10.4. The Labute approximate surface area is 146 Å². The largest absolute Gasteiger partial charge is 0.242 e. The summed E-state index contributed by atoms with van der Waals surface area (Å²) < 4.78 is 13.9. The van der Waals surface area contributed by atoms with Gasteiger partial charge >= 0.3 is 0 Å². The summed E-state index contributed by atoms with van der Waals surface area (Å²) in [4.78, 5) is 0. The van der Waals surface area contributed by atoms with Crippen LogP contribution < -0.4 is 0 Å². The SMILES string of the molecule is CCCCc1ccc(CCCCCCN(C)S(=O)C(C)C)cc1. The molecule has 0 bridgehead atoms. The maximum atomic E-state index is 11.9. The van der Waals surface area contributed by atoms with Crippen molar-refractivity contribution in [2.24, 2.45) is 0 Å². The van der Waals surface area contributed by atoms with Crippen molar-refractivity contribution in [1.29, 1.82) is 0 Å². The van der Waals surface area contributed by atoms with Crippen LogP contribution in [0, 0.1) is 0 Å². The van der Waals surface area contributed by atoms with Crippen LogP contribution in [-0.4, -0.2) is 27.4 Å². The fourth-order valence-corrected chi connectivity index (χ4v) is 3.75.